The van der Waals surface area contributed by atoms with Crippen LogP contribution in [0.25, 0.3) is 0 Å². The van der Waals surface area contributed by atoms with Crippen molar-refractivity contribution in [2.75, 3.05) is 39.4 Å². The predicted molar refractivity (Wildman–Crippen MR) is 96.0 cm³/mol. The van der Waals surface area contributed by atoms with Crippen molar-refractivity contribution in [3.63, 3.8) is 0 Å². The number of hydrogen-bond acceptors (Lipinski definition) is 3. The Morgan fingerprint density at radius 2 is 1.96 bits per heavy atom. The van der Waals surface area contributed by atoms with E-state index in [4.69, 9.17) is 17.0 Å². The molecule has 0 unspecified atom stereocenters. The summed E-state index contributed by atoms with van der Waals surface area (Å²) in [5.41, 5.74) is 7.00. The van der Waals surface area contributed by atoms with Gasteiger partial charge in [-0.1, -0.05) is 24.3 Å². The van der Waals surface area contributed by atoms with Crippen molar-refractivity contribution in [1.29, 1.82) is 0 Å². The van der Waals surface area contributed by atoms with Crippen molar-refractivity contribution in [2.45, 2.75) is 19.3 Å². The first-order valence-corrected chi connectivity index (χ1v) is 8.79. The minimum Gasteiger partial charge on any atom is -0.370 e. The summed E-state index contributed by atoms with van der Waals surface area (Å²) in [6.45, 7) is 5.84. The van der Waals surface area contributed by atoms with Crippen LogP contribution >= 0.6 is 12.2 Å². The summed E-state index contributed by atoms with van der Waals surface area (Å²) in [5.74, 6) is 0. The van der Waals surface area contributed by atoms with Crippen LogP contribution in [0.1, 0.15) is 17.5 Å². The number of rotatable bonds is 4. The van der Waals surface area contributed by atoms with Crippen molar-refractivity contribution >= 4 is 23.0 Å². The molecule has 1 saturated heterocycles. The first kappa shape index (κ1) is 16.4. The molecule has 0 radical (unpaired) electrons. The van der Waals surface area contributed by atoms with Gasteiger partial charge in [-0.05, 0) is 36.2 Å². The zero-order chi connectivity index (χ0) is 15.9. The molecule has 1 heterocycles. The lowest BCUT2D eigenvalue weighted by Crippen LogP contribution is -3.14. The number of fused-ring (bicyclic) bond motifs is 1. The van der Waals surface area contributed by atoms with Gasteiger partial charge in [-0.3, -0.25) is 5.43 Å². The minimum atomic E-state index is 0.615. The zero-order valence-electron chi connectivity index (χ0n) is 13.4. The van der Waals surface area contributed by atoms with Crippen molar-refractivity contribution in [3.8, 4) is 0 Å². The van der Waals surface area contributed by atoms with Gasteiger partial charge in [-0.25, -0.2) is 0 Å². The highest BCUT2D eigenvalue weighted by Gasteiger charge is 2.14. The fraction of sp³-hybridized carbons (Fsp3) is 0.529. The third kappa shape index (κ3) is 4.99. The second-order valence-corrected chi connectivity index (χ2v) is 6.51. The number of nitrogens with one attached hydrogen (secondary N) is 3. The lowest BCUT2D eigenvalue weighted by Gasteiger charge is -2.23. The predicted octanol–water partition coefficient (Wildman–Crippen LogP) is -0.0895. The number of morpholine rings is 1. The average molecular weight is 333 g/mol. The SMILES string of the molecule is S=C(NCC[NH+]1CCOCC1)N/N=C1/CCc2ccccc2C1. The maximum absolute atomic E-state index is 5.36. The van der Waals surface area contributed by atoms with Gasteiger partial charge < -0.3 is 15.0 Å². The largest absolute Gasteiger partial charge is 0.370 e. The third-order valence-corrected chi connectivity index (χ3v) is 4.71. The fourth-order valence-electron chi connectivity index (χ4n) is 3.09. The molecular formula is C17H25N4OS+. The molecule has 1 aliphatic heterocycles. The van der Waals surface area contributed by atoms with E-state index in [1.54, 1.807) is 4.90 Å². The molecule has 1 aromatic carbocycles. The van der Waals surface area contributed by atoms with E-state index in [1.807, 2.05) is 0 Å². The van der Waals surface area contributed by atoms with E-state index < -0.39 is 0 Å². The summed E-state index contributed by atoms with van der Waals surface area (Å²) < 4.78 is 5.36. The lowest BCUT2D eigenvalue weighted by molar-refractivity contribution is -0.906. The first-order chi connectivity index (χ1) is 11.3. The Morgan fingerprint density at radius 3 is 2.78 bits per heavy atom. The molecule has 0 atom stereocenters. The summed E-state index contributed by atoms with van der Waals surface area (Å²) in [4.78, 5) is 1.57. The van der Waals surface area contributed by atoms with E-state index in [0.717, 1.165) is 58.7 Å². The van der Waals surface area contributed by atoms with Crippen molar-refractivity contribution in [3.05, 3.63) is 35.4 Å². The minimum absolute atomic E-state index is 0.615. The van der Waals surface area contributed by atoms with Crippen LogP contribution < -0.4 is 15.6 Å². The maximum Gasteiger partial charge on any atom is 0.187 e. The Kier molecular flexibility index (Phi) is 5.96. The van der Waals surface area contributed by atoms with E-state index in [2.05, 4.69) is 40.1 Å². The molecule has 6 heteroatoms. The second-order valence-electron chi connectivity index (χ2n) is 6.10. The van der Waals surface area contributed by atoms with Gasteiger partial charge in [0.1, 0.15) is 13.1 Å². The molecule has 0 saturated carbocycles. The van der Waals surface area contributed by atoms with Gasteiger partial charge in [0.15, 0.2) is 5.11 Å². The molecule has 1 aliphatic carbocycles. The van der Waals surface area contributed by atoms with Gasteiger partial charge >= 0.3 is 0 Å². The van der Waals surface area contributed by atoms with Crippen LogP contribution in [0.2, 0.25) is 0 Å². The van der Waals surface area contributed by atoms with E-state index in [0.29, 0.717) is 5.11 Å². The van der Waals surface area contributed by atoms with E-state index in [-0.39, 0.29) is 0 Å². The molecule has 3 N–H and O–H groups in total. The normalized spacial score (nSPS) is 20.1. The number of aryl methyl sites for hydroxylation is 1. The van der Waals surface area contributed by atoms with Gasteiger partial charge in [-0.2, -0.15) is 5.10 Å². The van der Waals surface area contributed by atoms with Gasteiger partial charge in [0.2, 0.25) is 0 Å². The Morgan fingerprint density at radius 1 is 1.17 bits per heavy atom. The first-order valence-electron chi connectivity index (χ1n) is 8.38. The maximum atomic E-state index is 5.36. The second kappa shape index (κ2) is 8.38. The smallest absolute Gasteiger partial charge is 0.187 e. The van der Waals surface area contributed by atoms with E-state index in [9.17, 15) is 0 Å². The Balaban J connectivity index is 1.38. The molecule has 23 heavy (non-hydrogen) atoms. The molecule has 2 aliphatic rings. The van der Waals surface area contributed by atoms with Crippen LogP contribution in [0.15, 0.2) is 29.4 Å². The zero-order valence-corrected chi connectivity index (χ0v) is 14.3. The van der Waals surface area contributed by atoms with Crippen LogP contribution in [0.4, 0.5) is 0 Å². The lowest BCUT2D eigenvalue weighted by atomic mass is 9.90. The number of hydrazone groups is 1. The van der Waals surface area contributed by atoms with Gasteiger partial charge in [0, 0.05) is 12.1 Å². The molecule has 3 rings (SSSR count). The summed E-state index contributed by atoms with van der Waals surface area (Å²) in [5, 5.41) is 8.34. The topological polar surface area (TPSA) is 50.1 Å². The fourth-order valence-corrected chi connectivity index (χ4v) is 3.24. The van der Waals surface area contributed by atoms with Crippen LogP contribution in [-0.4, -0.2) is 50.2 Å². The number of hydrogen-bond donors (Lipinski definition) is 3. The molecule has 5 nitrogen and oxygen atoms in total. The molecule has 0 amide bonds. The summed E-state index contributed by atoms with van der Waals surface area (Å²) in [6.07, 6.45) is 2.99. The highest BCUT2D eigenvalue weighted by atomic mass is 32.1. The van der Waals surface area contributed by atoms with Gasteiger partial charge in [0.05, 0.1) is 26.3 Å². The summed E-state index contributed by atoms with van der Waals surface area (Å²) in [7, 11) is 0. The van der Waals surface area contributed by atoms with Crippen LogP contribution in [0.5, 0.6) is 0 Å². The average Bonchev–Trinajstić information content (AvgIpc) is 2.61. The standard InChI is InChI=1S/C17H24N4OS/c23-17(18-7-8-21-9-11-22-12-10-21)20-19-16-6-5-14-3-1-2-4-15(14)13-16/h1-4H,5-13H2,(H2,18,20,23)/p+1/b19-16-. The molecule has 1 fully saturated rings. The van der Waals surface area contributed by atoms with Crippen molar-refractivity contribution < 1.29 is 9.64 Å². The number of ether oxygens (including phenoxy) is 1. The number of quaternary nitrogens is 1. The Labute approximate surface area is 143 Å². The van der Waals surface area contributed by atoms with Crippen LogP contribution in [0, 0.1) is 0 Å². The summed E-state index contributed by atoms with van der Waals surface area (Å²) in [6, 6.07) is 8.59. The Hall–Kier alpha value is -1.50. The van der Waals surface area contributed by atoms with Crippen molar-refractivity contribution in [1.82, 2.24) is 10.7 Å². The van der Waals surface area contributed by atoms with Crippen LogP contribution in [-0.2, 0) is 17.6 Å². The Bertz CT molecular complexity index is 569. The molecule has 0 spiro atoms. The molecule has 0 bridgehead atoms. The number of nitrogens with zero attached hydrogens (tertiary/aromatic N) is 1. The number of thiocarbonyl (C=S) groups is 1. The molecular weight excluding hydrogens is 308 g/mol. The third-order valence-electron chi connectivity index (χ3n) is 4.48. The van der Waals surface area contributed by atoms with Gasteiger partial charge in [0.25, 0.3) is 0 Å². The summed E-state index contributed by atoms with van der Waals surface area (Å²) >= 11 is 5.30. The molecule has 0 aromatic heterocycles. The van der Waals surface area contributed by atoms with Crippen LogP contribution in [0.3, 0.4) is 0 Å². The molecule has 1 aromatic rings. The molecule has 124 valence electrons. The van der Waals surface area contributed by atoms with E-state index >= 15 is 0 Å². The van der Waals surface area contributed by atoms with E-state index in [1.165, 1.54) is 16.8 Å². The quantitative estimate of drug-likeness (QED) is 0.533. The number of benzene rings is 1. The van der Waals surface area contributed by atoms with Gasteiger partial charge in [-0.15, -0.1) is 0 Å². The highest BCUT2D eigenvalue weighted by Crippen LogP contribution is 2.18. The monoisotopic (exact) mass is 333 g/mol. The van der Waals surface area contributed by atoms with Crippen molar-refractivity contribution in [2.24, 2.45) is 5.10 Å². The highest BCUT2D eigenvalue weighted by molar-refractivity contribution is 7.80.